The number of carbonyl (C=O) groups excluding carboxylic acids is 1. The molecule has 0 saturated carbocycles. The number of hydrogen-bond donors (Lipinski definition) is 0. The van der Waals surface area contributed by atoms with Gasteiger partial charge in [-0.1, -0.05) is 29.6 Å². The van der Waals surface area contributed by atoms with Crippen molar-refractivity contribution >= 4 is 22.3 Å². The Morgan fingerprint density at radius 2 is 2.30 bits per heavy atom. The van der Waals surface area contributed by atoms with Crippen molar-refractivity contribution in [3.63, 3.8) is 0 Å². The largest absolute Gasteiger partial charge is 0.455 e. The first-order valence-electron chi connectivity index (χ1n) is 5.92. The first-order valence-corrected chi connectivity index (χ1v) is 6.74. The molecule has 0 aliphatic carbocycles. The van der Waals surface area contributed by atoms with Crippen LogP contribution in [0.15, 0.2) is 35.2 Å². The lowest BCUT2D eigenvalue weighted by Gasteiger charge is -1.96. The second kappa shape index (κ2) is 6.25. The van der Waals surface area contributed by atoms with Crippen molar-refractivity contribution in [1.29, 1.82) is 0 Å². The zero-order valence-corrected chi connectivity index (χ0v) is 11.9. The Morgan fingerprint density at radius 3 is 3.05 bits per heavy atom. The van der Waals surface area contributed by atoms with Crippen LogP contribution in [0.25, 0.3) is 4.96 Å². The summed E-state index contributed by atoms with van der Waals surface area (Å²) in [6.07, 6.45) is 6.45. The van der Waals surface area contributed by atoms with Crippen molar-refractivity contribution in [1.82, 2.24) is 14.6 Å². The predicted octanol–water partition coefficient (Wildman–Crippen LogP) is 1.63. The smallest absolute Gasteiger partial charge is 0.331 e. The van der Waals surface area contributed by atoms with Gasteiger partial charge in [0.05, 0.1) is 0 Å². The van der Waals surface area contributed by atoms with Gasteiger partial charge in [-0.2, -0.15) is 9.61 Å². The summed E-state index contributed by atoms with van der Waals surface area (Å²) in [5, 5.41) is 4.59. The third-order valence-corrected chi connectivity index (χ3v) is 3.17. The fourth-order valence-electron chi connectivity index (χ4n) is 1.44. The average Bonchev–Trinajstić information content (AvgIpc) is 2.80. The molecule has 0 unspecified atom stereocenters. The van der Waals surface area contributed by atoms with Crippen LogP contribution in [0.1, 0.15) is 17.6 Å². The SMILES string of the molecule is C/C=C/C=C/C(=O)OCc1nn2c(=O)cc(C)nc2s1. The minimum atomic E-state index is -0.459. The number of esters is 1. The van der Waals surface area contributed by atoms with Crippen molar-refractivity contribution in [3.05, 3.63) is 51.4 Å². The fourth-order valence-corrected chi connectivity index (χ4v) is 2.30. The molecular formula is C13H13N3O3S. The molecule has 0 atom stereocenters. The van der Waals surface area contributed by atoms with Crippen LogP contribution in [0.2, 0.25) is 0 Å². The van der Waals surface area contributed by atoms with Gasteiger partial charge in [-0.05, 0) is 13.8 Å². The molecule has 20 heavy (non-hydrogen) atoms. The number of carbonyl (C=O) groups is 1. The molecule has 6 nitrogen and oxygen atoms in total. The Labute approximate surface area is 119 Å². The zero-order chi connectivity index (χ0) is 14.5. The van der Waals surface area contributed by atoms with Crippen LogP contribution in [-0.2, 0) is 16.1 Å². The first-order chi connectivity index (χ1) is 9.60. The van der Waals surface area contributed by atoms with Crippen LogP contribution in [0, 0.1) is 6.92 Å². The van der Waals surface area contributed by atoms with Gasteiger partial charge in [0.25, 0.3) is 5.56 Å². The maximum atomic E-state index is 11.7. The summed E-state index contributed by atoms with van der Waals surface area (Å²) in [7, 11) is 0. The van der Waals surface area contributed by atoms with Crippen molar-refractivity contribution in [3.8, 4) is 0 Å². The van der Waals surface area contributed by atoms with E-state index in [1.54, 1.807) is 25.2 Å². The molecule has 2 rings (SSSR count). The number of ether oxygens (including phenoxy) is 1. The van der Waals surface area contributed by atoms with Crippen LogP contribution in [0.4, 0.5) is 0 Å². The van der Waals surface area contributed by atoms with E-state index in [0.717, 1.165) is 0 Å². The second-order valence-corrected chi connectivity index (χ2v) is 4.96. The molecule has 2 aromatic rings. The summed E-state index contributed by atoms with van der Waals surface area (Å²) >= 11 is 1.22. The van der Waals surface area contributed by atoms with Gasteiger partial charge in [0.15, 0.2) is 5.01 Å². The summed E-state index contributed by atoms with van der Waals surface area (Å²) in [5.41, 5.74) is 0.394. The zero-order valence-electron chi connectivity index (χ0n) is 11.1. The second-order valence-electron chi connectivity index (χ2n) is 3.92. The Balaban J connectivity index is 2.09. The molecule has 0 bridgehead atoms. The van der Waals surface area contributed by atoms with E-state index in [0.29, 0.717) is 15.7 Å². The molecule has 0 N–H and O–H groups in total. The van der Waals surface area contributed by atoms with Crippen LogP contribution in [-0.4, -0.2) is 20.6 Å². The lowest BCUT2D eigenvalue weighted by Crippen LogP contribution is -2.14. The predicted molar refractivity (Wildman–Crippen MR) is 75.6 cm³/mol. The number of aromatic nitrogens is 3. The molecule has 0 saturated heterocycles. The number of allylic oxidation sites excluding steroid dienone is 3. The average molecular weight is 291 g/mol. The van der Waals surface area contributed by atoms with Gasteiger partial charge in [0, 0.05) is 17.8 Å². The van der Waals surface area contributed by atoms with Crippen molar-refractivity contribution < 1.29 is 9.53 Å². The first kappa shape index (κ1) is 14.1. The van der Waals surface area contributed by atoms with E-state index in [4.69, 9.17) is 4.74 Å². The highest BCUT2D eigenvalue weighted by Gasteiger charge is 2.08. The summed E-state index contributed by atoms with van der Waals surface area (Å²) in [6, 6.07) is 1.41. The third kappa shape index (κ3) is 3.39. The third-order valence-electron chi connectivity index (χ3n) is 2.29. The Kier molecular flexibility index (Phi) is 4.41. The van der Waals surface area contributed by atoms with Gasteiger partial charge >= 0.3 is 5.97 Å². The molecule has 2 aromatic heterocycles. The molecule has 0 aliphatic heterocycles. The molecular weight excluding hydrogens is 278 g/mol. The van der Waals surface area contributed by atoms with Crippen molar-refractivity contribution in [2.24, 2.45) is 0 Å². The van der Waals surface area contributed by atoms with Gasteiger partial charge in [-0.3, -0.25) is 4.79 Å². The van der Waals surface area contributed by atoms with Crippen LogP contribution < -0.4 is 5.56 Å². The van der Waals surface area contributed by atoms with Gasteiger partial charge in [0.1, 0.15) is 6.61 Å². The standard InChI is InChI=1S/C13H13N3O3S/c1-3-4-5-6-12(18)19-8-10-15-16-11(17)7-9(2)14-13(16)20-10/h3-7H,8H2,1-2H3/b4-3+,6-5+. The Morgan fingerprint density at radius 1 is 1.50 bits per heavy atom. The number of rotatable bonds is 4. The van der Waals surface area contributed by atoms with E-state index in [9.17, 15) is 9.59 Å². The highest BCUT2D eigenvalue weighted by molar-refractivity contribution is 7.16. The van der Waals surface area contributed by atoms with E-state index in [1.807, 2.05) is 6.92 Å². The summed E-state index contributed by atoms with van der Waals surface area (Å²) in [5.74, 6) is -0.459. The van der Waals surface area contributed by atoms with Gasteiger partial charge in [0.2, 0.25) is 4.96 Å². The van der Waals surface area contributed by atoms with Crippen molar-refractivity contribution in [2.45, 2.75) is 20.5 Å². The number of nitrogens with zero attached hydrogens (tertiary/aromatic N) is 3. The lowest BCUT2D eigenvalue weighted by molar-refractivity contribution is -0.139. The molecule has 0 amide bonds. The normalized spacial score (nSPS) is 11.7. The topological polar surface area (TPSA) is 73.6 Å². The quantitative estimate of drug-likeness (QED) is 0.486. The Bertz CT molecular complexity index is 743. The van der Waals surface area contributed by atoms with E-state index in [1.165, 1.54) is 28.0 Å². The van der Waals surface area contributed by atoms with Crippen molar-refractivity contribution in [2.75, 3.05) is 0 Å². The lowest BCUT2D eigenvalue weighted by atomic mass is 10.4. The van der Waals surface area contributed by atoms with Crippen LogP contribution >= 0.6 is 11.3 Å². The van der Waals surface area contributed by atoms with E-state index in [2.05, 4.69) is 10.1 Å². The maximum absolute atomic E-state index is 11.7. The van der Waals surface area contributed by atoms with E-state index in [-0.39, 0.29) is 12.2 Å². The Hall–Kier alpha value is -2.28. The molecule has 0 aliphatic rings. The number of hydrogen-bond acceptors (Lipinski definition) is 6. The monoisotopic (exact) mass is 291 g/mol. The summed E-state index contributed by atoms with van der Waals surface area (Å²) in [6.45, 7) is 3.61. The maximum Gasteiger partial charge on any atom is 0.331 e. The van der Waals surface area contributed by atoms with Gasteiger partial charge < -0.3 is 4.74 Å². The minimum Gasteiger partial charge on any atom is -0.455 e. The van der Waals surface area contributed by atoms with Crippen LogP contribution in [0.3, 0.4) is 0 Å². The van der Waals surface area contributed by atoms with E-state index < -0.39 is 5.97 Å². The summed E-state index contributed by atoms with van der Waals surface area (Å²) in [4.78, 5) is 27.7. The molecule has 7 heteroatoms. The molecule has 104 valence electrons. The van der Waals surface area contributed by atoms with Crippen LogP contribution in [0.5, 0.6) is 0 Å². The molecule has 0 radical (unpaired) electrons. The van der Waals surface area contributed by atoms with Gasteiger partial charge in [-0.25, -0.2) is 9.78 Å². The highest BCUT2D eigenvalue weighted by atomic mass is 32.1. The minimum absolute atomic E-state index is 0.0194. The fraction of sp³-hybridized carbons (Fsp3) is 0.231. The molecule has 0 fully saturated rings. The van der Waals surface area contributed by atoms with E-state index >= 15 is 0 Å². The molecule has 2 heterocycles. The van der Waals surface area contributed by atoms with Gasteiger partial charge in [-0.15, -0.1) is 0 Å². The number of aryl methyl sites for hydroxylation is 1. The summed E-state index contributed by atoms with van der Waals surface area (Å²) < 4.78 is 6.22. The highest BCUT2D eigenvalue weighted by Crippen LogP contribution is 2.12. The number of fused-ring (bicyclic) bond motifs is 1. The molecule has 0 aromatic carbocycles. The molecule has 0 spiro atoms.